The highest BCUT2D eigenvalue weighted by molar-refractivity contribution is 6.39. The molecule has 8 nitrogen and oxygen atoms in total. The van der Waals surface area contributed by atoms with Crippen LogP contribution >= 0.6 is 11.6 Å². The number of nitrogens with one attached hydrogen (secondary N) is 1. The van der Waals surface area contributed by atoms with Gasteiger partial charge in [0.2, 0.25) is 0 Å². The summed E-state index contributed by atoms with van der Waals surface area (Å²) in [6.45, 7) is 2.29. The number of anilines is 1. The number of ether oxygens (including phenoxy) is 1. The Morgan fingerprint density at radius 3 is 2.94 bits per heavy atom. The highest BCUT2D eigenvalue weighted by atomic mass is 35.5. The van der Waals surface area contributed by atoms with Gasteiger partial charge in [-0.1, -0.05) is 11.6 Å². The molecule has 0 saturated carbocycles. The van der Waals surface area contributed by atoms with Gasteiger partial charge in [-0.2, -0.15) is 0 Å². The molecule has 1 N–H and O–H groups in total. The largest absolute Gasteiger partial charge is 0.462 e. The normalized spacial score (nSPS) is 16.1. The summed E-state index contributed by atoms with van der Waals surface area (Å²) < 4.78 is 34.7. The number of fused-ring (bicyclic) bond motifs is 3. The molecule has 11 heteroatoms. The van der Waals surface area contributed by atoms with Crippen molar-refractivity contribution >= 4 is 40.1 Å². The van der Waals surface area contributed by atoms with Crippen LogP contribution in [0.1, 0.15) is 41.7 Å². The van der Waals surface area contributed by atoms with Crippen LogP contribution in [0.15, 0.2) is 35.3 Å². The Kier molecular flexibility index (Phi) is 5.24. The number of hydrogen-bond donors (Lipinski definition) is 1. The first kappa shape index (κ1) is 21.3. The quantitative estimate of drug-likeness (QED) is 0.450. The van der Waals surface area contributed by atoms with E-state index >= 15 is 0 Å². The van der Waals surface area contributed by atoms with E-state index in [1.165, 1.54) is 10.6 Å². The van der Waals surface area contributed by atoms with Crippen LogP contribution in [0.25, 0.3) is 16.7 Å². The van der Waals surface area contributed by atoms with Crippen LogP contribution in [0.2, 0.25) is 5.02 Å². The topological polar surface area (TPSA) is 92.6 Å². The SMILES string of the molecule is CCOC(=O)c1c(Cl)c2c(nn3ccc(N4CCCC4c4cc(F)ccc4F)nc23)[nH]c1=O. The fourth-order valence-electron chi connectivity index (χ4n) is 4.28. The molecular formula is C22H18ClF2N5O3. The van der Waals surface area contributed by atoms with E-state index in [-0.39, 0.29) is 33.8 Å². The molecule has 3 aromatic heterocycles. The van der Waals surface area contributed by atoms with Gasteiger partial charge in [0.05, 0.1) is 23.1 Å². The third kappa shape index (κ3) is 3.50. The summed E-state index contributed by atoms with van der Waals surface area (Å²) in [5, 5.41) is 4.46. The number of aromatic amines is 1. The Morgan fingerprint density at radius 1 is 1.33 bits per heavy atom. The van der Waals surface area contributed by atoms with E-state index in [0.29, 0.717) is 24.4 Å². The zero-order valence-electron chi connectivity index (χ0n) is 17.4. The van der Waals surface area contributed by atoms with E-state index < -0.39 is 29.2 Å². The molecule has 0 spiro atoms. The third-order valence-corrected chi connectivity index (χ3v) is 6.09. The maximum Gasteiger partial charge on any atom is 0.345 e. The second kappa shape index (κ2) is 8.11. The fourth-order valence-corrected chi connectivity index (χ4v) is 4.62. The Hall–Kier alpha value is -3.53. The number of nitrogens with zero attached hydrogens (tertiary/aromatic N) is 4. The van der Waals surface area contributed by atoms with Crippen molar-refractivity contribution in [2.75, 3.05) is 18.1 Å². The molecule has 1 fully saturated rings. The predicted octanol–water partition coefficient (Wildman–Crippen LogP) is 4.02. The molecule has 33 heavy (non-hydrogen) atoms. The molecule has 1 aromatic carbocycles. The number of halogens is 3. The number of carbonyl (C=O) groups is 1. The number of rotatable bonds is 4. The third-order valence-electron chi connectivity index (χ3n) is 5.71. The van der Waals surface area contributed by atoms with Crippen molar-refractivity contribution in [3.8, 4) is 0 Å². The molecule has 0 radical (unpaired) electrons. The molecule has 170 valence electrons. The number of H-pyrrole nitrogens is 1. The number of aromatic nitrogens is 4. The van der Waals surface area contributed by atoms with Crippen LogP contribution in [0.3, 0.4) is 0 Å². The molecule has 1 atom stereocenters. The molecule has 5 rings (SSSR count). The Labute approximate surface area is 190 Å². The molecule has 1 unspecified atom stereocenters. The van der Waals surface area contributed by atoms with E-state index in [0.717, 1.165) is 18.6 Å². The van der Waals surface area contributed by atoms with E-state index in [9.17, 15) is 18.4 Å². The molecule has 0 amide bonds. The maximum absolute atomic E-state index is 14.5. The first-order valence-electron chi connectivity index (χ1n) is 10.4. The highest BCUT2D eigenvalue weighted by Gasteiger charge is 2.30. The molecule has 4 heterocycles. The number of benzene rings is 1. The monoisotopic (exact) mass is 473 g/mol. The molecule has 0 bridgehead atoms. The number of carbonyl (C=O) groups excluding carboxylic acids is 1. The first-order chi connectivity index (χ1) is 15.9. The lowest BCUT2D eigenvalue weighted by Crippen LogP contribution is -2.24. The Morgan fingerprint density at radius 2 is 2.15 bits per heavy atom. The summed E-state index contributed by atoms with van der Waals surface area (Å²) in [7, 11) is 0. The predicted molar refractivity (Wildman–Crippen MR) is 118 cm³/mol. The smallest absolute Gasteiger partial charge is 0.345 e. The lowest BCUT2D eigenvalue weighted by molar-refractivity contribution is 0.0524. The summed E-state index contributed by atoms with van der Waals surface area (Å²) in [6, 6.07) is 4.72. The van der Waals surface area contributed by atoms with Gasteiger partial charge in [0, 0.05) is 18.3 Å². The van der Waals surface area contributed by atoms with Crippen LogP contribution < -0.4 is 10.5 Å². The van der Waals surface area contributed by atoms with Crippen LogP contribution in [0, 0.1) is 11.6 Å². The fraction of sp³-hybridized carbons (Fsp3) is 0.273. The molecule has 1 aliphatic heterocycles. The van der Waals surface area contributed by atoms with Gasteiger partial charge in [-0.25, -0.2) is 23.1 Å². The van der Waals surface area contributed by atoms with Gasteiger partial charge in [-0.15, -0.1) is 5.10 Å². The first-order valence-corrected chi connectivity index (χ1v) is 10.8. The number of hydrogen-bond acceptors (Lipinski definition) is 6. The van der Waals surface area contributed by atoms with Crippen molar-refractivity contribution in [3.05, 3.63) is 68.6 Å². The maximum atomic E-state index is 14.5. The van der Waals surface area contributed by atoms with Crippen LogP contribution in [-0.2, 0) is 4.74 Å². The zero-order chi connectivity index (χ0) is 23.3. The van der Waals surface area contributed by atoms with Gasteiger partial charge in [-0.05, 0) is 44.0 Å². The van der Waals surface area contributed by atoms with Crippen LogP contribution in [0.5, 0.6) is 0 Å². The minimum atomic E-state index is -0.845. The van der Waals surface area contributed by atoms with E-state index in [1.54, 1.807) is 19.2 Å². The average molecular weight is 474 g/mol. The second-order valence-corrected chi connectivity index (χ2v) is 8.04. The van der Waals surface area contributed by atoms with Crippen molar-refractivity contribution in [2.24, 2.45) is 0 Å². The zero-order valence-corrected chi connectivity index (χ0v) is 18.2. The molecule has 1 saturated heterocycles. The average Bonchev–Trinajstić information content (AvgIpc) is 3.39. The summed E-state index contributed by atoms with van der Waals surface area (Å²) in [5.41, 5.74) is -0.305. The molecule has 4 aromatic rings. The van der Waals surface area contributed by atoms with E-state index in [4.69, 9.17) is 16.3 Å². The van der Waals surface area contributed by atoms with Crippen molar-refractivity contribution < 1.29 is 18.3 Å². The Bertz CT molecular complexity index is 1470. The van der Waals surface area contributed by atoms with Crippen molar-refractivity contribution in [1.82, 2.24) is 19.6 Å². The van der Waals surface area contributed by atoms with Crippen LogP contribution in [-0.4, -0.2) is 38.7 Å². The van der Waals surface area contributed by atoms with Gasteiger partial charge >= 0.3 is 5.97 Å². The summed E-state index contributed by atoms with van der Waals surface area (Å²) in [4.78, 5) is 33.8. The van der Waals surface area contributed by atoms with Gasteiger partial charge in [0.1, 0.15) is 23.0 Å². The molecule has 1 aliphatic rings. The standard InChI is InChI=1S/C22H18ClF2N5O3/c1-2-33-22(32)17-18(23)16-19(27-21(17)31)28-30-9-7-15(26-20(16)30)29-8-3-4-14(29)12-10-11(24)5-6-13(12)25/h5-7,9-10,14H,2-4,8H2,1H3,(H,27,28,31). The lowest BCUT2D eigenvalue weighted by atomic mass is 10.0. The van der Waals surface area contributed by atoms with Gasteiger partial charge in [0.25, 0.3) is 5.56 Å². The Balaban J connectivity index is 1.65. The van der Waals surface area contributed by atoms with Gasteiger partial charge in [-0.3, -0.25) is 4.79 Å². The number of pyridine rings is 1. The van der Waals surface area contributed by atoms with Crippen LogP contribution in [0.4, 0.5) is 14.6 Å². The van der Waals surface area contributed by atoms with Gasteiger partial charge in [0.15, 0.2) is 11.3 Å². The summed E-state index contributed by atoms with van der Waals surface area (Å²) in [6.07, 6.45) is 3.04. The summed E-state index contributed by atoms with van der Waals surface area (Å²) >= 11 is 6.45. The second-order valence-electron chi connectivity index (χ2n) is 7.66. The van der Waals surface area contributed by atoms with Crippen molar-refractivity contribution in [2.45, 2.75) is 25.8 Å². The van der Waals surface area contributed by atoms with E-state index in [2.05, 4.69) is 15.1 Å². The molecule has 0 aliphatic carbocycles. The minimum absolute atomic E-state index is 0.0801. The number of esters is 1. The minimum Gasteiger partial charge on any atom is -0.462 e. The van der Waals surface area contributed by atoms with Gasteiger partial charge < -0.3 is 14.6 Å². The van der Waals surface area contributed by atoms with Crippen molar-refractivity contribution in [3.63, 3.8) is 0 Å². The molecular weight excluding hydrogens is 456 g/mol. The lowest BCUT2D eigenvalue weighted by Gasteiger charge is -2.26. The van der Waals surface area contributed by atoms with Crippen molar-refractivity contribution in [1.29, 1.82) is 0 Å². The van der Waals surface area contributed by atoms with E-state index in [1.807, 2.05) is 4.90 Å². The summed E-state index contributed by atoms with van der Waals surface area (Å²) in [5.74, 6) is -1.33. The highest BCUT2D eigenvalue weighted by Crippen LogP contribution is 2.37.